The summed E-state index contributed by atoms with van der Waals surface area (Å²) >= 11 is 16.1. The Balaban J connectivity index is 1.41. The molecule has 1 N–H and O–H groups in total. The van der Waals surface area contributed by atoms with E-state index in [9.17, 15) is 14.4 Å². The van der Waals surface area contributed by atoms with Crippen LogP contribution in [0.15, 0.2) is 68.9 Å². The van der Waals surface area contributed by atoms with Crippen molar-refractivity contribution in [3.05, 3.63) is 80.0 Å². The normalized spacial score (nSPS) is 18.7. The average molecular weight is 577 g/mol. The highest BCUT2D eigenvalue weighted by Gasteiger charge is 2.36. The number of carbonyl (C=O) groups excluding carboxylic acids is 3. The molecule has 6 nitrogen and oxygen atoms in total. The van der Waals surface area contributed by atoms with E-state index in [1.165, 1.54) is 4.90 Å². The predicted octanol–water partition coefficient (Wildman–Crippen LogP) is 4.58. The zero-order valence-electron chi connectivity index (χ0n) is 16.7. The summed E-state index contributed by atoms with van der Waals surface area (Å²) in [6.07, 6.45) is 3.43. The maximum absolute atomic E-state index is 12.7. The van der Waals surface area contributed by atoms with E-state index >= 15 is 0 Å². The SMILES string of the molecule is O=C(CN1C(=O)/C(=C\c2ccccc2)SC1=S)NN1C(=O)/C(=C/c2ccc(Br)cc2)SC1=S. The highest BCUT2D eigenvalue weighted by Crippen LogP contribution is 2.33. The molecule has 2 heterocycles. The van der Waals surface area contributed by atoms with Crippen molar-refractivity contribution < 1.29 is 14.4 Å². The average Bonchev–Trinajstić information content (AvgIpc) is 3.20. The van der Waals surface area contributed by atoms with Gasteiger partial charge >= 0.3 is 0 Å². The van der Waals surface area contributed by atoms with Crippen LogP contribution in [0.1, 0.15) is 11.1 Å². The Bertz CT molecular complexity index is 1230. The minimum absolute atomic E-state index is 0.200. The molecule has 0 aromatic heterocycles. The Kier molecular flexibility index (Phi) is 7.45. The number of rotatable bonds is 5. The van der Waals surface area contributed by atoms with Crippen LogP contribution >= 0.6 is 63.9 Å². The van der Waals surface area contributed by atoms with Crippen molar-refractivity contribution in [3.8, 4) is 0 Å². The van der Waals surface area contributed by atoms with Gasteiger partial charge in [0, 0.05) is 4.47 Å². The van der Waals surface area contributed by atoms with Crippen LogP contribution in [0.25, 0.3) is 12.2 Å². The molecule has 166 valence electrons. The second kappa shape index (κ2) is 10.3. The summed E-state index contributed by atoms with van der Waals surface area (Å²) in [5.74, 6) is -1.37. The van der Waals surface area contributed by atoms with E-state index in [4.69, 9.17) is 24.4 Å². The van der Waals surface area contributed by atoms with Crippen LogP contribution in [0.3, 0.4) is 0 Å². The highest BCUT2D eigenvalue weighted by atomic mass is 79.9. The molecule has 2 aliphatic heterocycles. The van der Waals surface area contributed by atoms with Gasteiger partial charge in [-0.2, -0.15) is 5.01 Å². The van der Waals surface area contributed by atoms with E-state index in [1.807, 2.05) is 54.6 Å². The molecule has 2 fully saturated rings. The third kappa shape index (κ3) is 5.61. The molecular formula is C22H14BrN3O3S4. The van der Waals surface area contributed by atoms with Crippen LogP contribution in [-0.4, -0.2) is 42.8 Å². The van der Waals surface area contributed by atoms with Crippen molar-refractivity contribution in [1.82, 2.24) is 15.3 Å². The first-order valence-corrected chi connectivity index (χ1v) is 12.7. The molecule has 0 spiro atoms. The van der Waals surface area contributed by atoms with E-state index in [0.717, 1.165) is 44.1 Å². The smallest absolute Gasteiger partial charge is 0.283 e. The fraction of sp³-hybridized carbons (Fsp3) is 0.0455. The van der Waals surface area contributed by atoms with Gasteiger partial charge in [-0.3, -0.25) is 24.7 Å². The van der Waals surface area contributed by atoms with Gasteiger partial charge in [-0.25, -0.2) is 0 Å². The number of hydrogen-bond donors (Lipinski definition) is 1. The molecule has 3 amide bonds. The molecule has 0 aliphatic carbocycles. The lowest BCUT2D eigenvalue weighted by Crippen LogP contribution is -2.49. The molecule has 0 saturated carbocycles. The van der Waals surface area contributed by atoms with Gasteiger partial charge in [0.1, 0.15) is 10.9 Å². The van der Waals surface area contributed by atoms with Crippen LogP contribution in [0.5, 0.6) is 0 Å². The third-order valence-corrected chi connectivity index (χ3v) is 7.68. The number of thiocarbonyl (C=S) groups is 2. The van der Waals surface area contributed by atoms with Gasteiger partial charge < -0.3 is 0 Å². The lowest BCUT2D eigenvalue weighted by Gasteiger charge is -2.19. The van der Waals surface area contributed by atoms with E-state index in [2.05, 4.69) is 21.4 Å². The summed E-state index contributed by atoms with van der Waals surface area (Å²) in [4.78, 5) is 40.1. The van der Waals surface area contributed by atoms with Gasteiger partial charge in [-0.05, 0) is 47.6 Å². The van der Waals surface area contributed by atoms with Crippen molar-refractivity contribution in [2.24, 2.45) is 0 Å². The number of hydrazine groups is 1. The lowest BCUT2D eigenvalue weighted by molar-refractivity contribution is -0.135. The zero-order chi connectivity index (χ0) is 23.5. The molecule has 4 rings (SSSR count). The Labute approximate surface area is 217 Å². The van der Waals surface area contributed by atoms with Gasteiger partial charge in [0.2, 0.25) is 0 Å². The summed E-state index contributed by atoms with van der Waals surface area (Å²) in [6, 6.07) is 16.8. The van der Waals surface area contributed by atoms with Gasteiger partial charge in [0.25, 0.3) is 17.7 Å². The summed E-state index contributed by atoms with van der Waals surface area (Å²) in [5.41, 5.74) is 4.17. The summed E-state index contributed by atoms with van der Waals surface area (Å²) < 4.78 is 1.40. The fourth-order valence-corrected chi connectivity index (χ4v) is 5.61. The molecule has 2 aromatic carbocycles. The fourth-order valence-electron chi connectivity index (χ4n) is 2.92. The van der Waals surface area contributed by atoms with Crippen molar-refractivity contribution in [2.75, 3.05) is 6.54 Å². The Hall–Kier alpha value is -2.31. The van der Waals surface area contributed by atoms with Crippen LogP contribution in [0, 0.1) is 0 Å². The molecule has 2 saturated heterocycles. The minimum atomic E-state index is -0.576. The molecule has 0 bridgehead atoms. The molecule has 2 aliphatic rings. The second-order valence-corrected chi connectivity index (χ2v) is 11.0. The maximum atomic E-state index is 12.7. The number of nitrogens with zero attached hydrogens (tertiary/aromatic N) is 2. The number of nitrogens with one attached hydrogen (secondary N) is 1. The zero-order valence-corrected chi connectivity index (χ0v) is 21.5. The number of carbonyl (C=O) groups is 3. The number of amides is 3. The standard InChI is InChI=1S/C22H14BrN3O3S4/c23-15-8-6-14(7-9-15)11-17-20(29)26(22(31)33-17)24-18(27)12-25-19(28)16(32-21(25)30)10-13-4-2-1-3-5-13/h1-11H,12H2,(H,24,27)/b16-10+,17-11-. The quantitative estimate of drug-likeness (QED) is 0.413. The van der Waals surface area contributed by atoms with Gasteiger partial charge in [-0.15, -0.1) is 0 Å². The molecular weight excluding hydrogens is 562 g/mol. The Morgan fingerprint density at radius 1 is 0.879 bits per heavy atom. The number of thioether (sulfide) groups is 2. The molecule has 33 heavy (non-hydrogen) atoms. The largest absolute Gasteiger partial charge is 0.285 e. The molecule has 2 aromatic rings. The summed E-state index contributed by atoms with van der Waals surface area (Å²) in [6.45, 7) is -0.320. The van der Waals surface area contributed by atoms with Crippen LogP contribution in [0.2, 0.25) is 0 Å². The second-order valence-electron chi connectivity index (χ2n) is 6.78. The molecule has 0 unspecified atom stereocenters. The molecule has 0 atom stereocenters. The van der Waals surface area contributed by atoms with Crippen molar-refractivity contribution in [3.63, 3.8) is 0 Å². The molecule has 0 radical (unpaired) electrons. The van der Waals surface area contributed by atoms with Crippen molar-refractivity contribution >= 4 is 102 Å². The van der Waals surface area contributed by atoms with E-state index < -0.39 is 11.8 Å². The van der Waals surface area contributed by atoms with Crippen LogP contribution < -0.4 is 5.43 Å². The number of benzene rings is 2. The predicted molar refractivity (Wildman–Crippen MR) is 144 cm³/mol. The van der Waals surface area contributed by atoms with Gasteiger partial charge in [0.05, 0.1) is 9.81 Å². The minimum Gasteiger partial charge on any atom is -0.283 e. The summed E-state index contributed by atoms with van der Waals surface area (Å²) in [5, 5.41) is 1.02. The van der Waals surface area contributed by atoms with Crippen molar-refractivity contribution in [2.45, 2.75) is 0 Å². The first kappa shape index (κ1) is 23.8. The molecule has 11 heteroatoms. The number of hydrogen-bond acceptors (Lipinski definition) is 7. The van der Waals surface area contributed by atoms with E-state index in [1.54, 1.807) is 12.2 Å². The van der Waals surface area contributed by atoms with Crippen LogP contribution in [-0.2, 0) is 14.4 Å². The van der Waals surface area contributed by atoms with Crippen LogP contribution in [0.4, 0.5) is 0 Å². The maximum Gasteiger partial charge on any atom is 0.285 e. The highest BCUT2D eigenvalue weighted by molar-refractivity contribution is 9.10. The van der Waals surface area contributed by atoms with Gasteiger partial charge in [-0.1, -0.05) is 94.1 Å². The van der Waals surface area contributed by atoms with E-state index in [-0.39, 0.29) is 21.1 Å². The lowest BCUT2D eigenvalue weighted by atomic mass is 10.2. The number of halogens is 1. The third-order valence-electron chi connectivity index (χ3n) is 4.47. The first-order chi connectivity index (χ1) is 15.8. The summed E-state index contributed by atoms with van der Waals surface area (Å²) in [7, 11) is 0. The van der Waals surface area contributed by atoms with Crippen molar-refractivity contribution in [1.29, 1.82) is 0 Å². The topological polar surface area (TPSA) is 69.7 Å². The monoisotopic (exact) mass is 575 g/mol. The first-order valence-electron chi connectivity index (χ1n) is 9.45. The Morgan fingerprint density at radius 2 is 1.45 bits per heavy atom. The van der Waals surface area contributed by atoms with Gasteiger partial charge in [0.15, 0.2) is 4.32 Å². The Morgan fingerprint density at radius 3 is 2.12 bits per heavy atom. The van der Waals surface area contributed by atoms with E-state index in [0.29, 0.717) is 9.81 Å².